The number of methoxy groups -OCH3 is 1. The van der Waals surface area contributed by atoms with Gasteiger partial charge in [-0.25, -0.2) is 0 Å². The highest BCUT2D eigenvalue weighted by Gasteiger charge is 2.17. The summed E-state index contributed by atoms with van der Waals surface area (Å²) in [4.78, 5) is 28.3. The van der Waals surface area contributed by atoms with Crippen LogP contribution in [0.15, 0.2) is 48.5 Å². The lowest BCUT2D eigenvalue weighted by Gasteiger charge is -2.23. The fourth-order valence-electron chi connectivity index (χ4n) is 3.08. The van der Waals surface area contributed by atoms with Crippen molar-refractivity contribution in [3.8, 4) is 0 Å². The molecule has 0 saturated heterocycles. The highest BCUT2D eigenvalue weighted by atomic mass is 16.5. The van der Waals surface area contributed by atoms with Gasteiger partial charge in [-0.05, 0) is 36.6 Å². The second-order valence-electron chi connectivity index (χ2n) is 7.06. The van der Waals surface area contributed by atoms with Gasteiger partial charge in [-0.3, -0.25) is 9.59 Å². The Morgan fingerprint density at radius 3 is 2.32 bits per heavy atom. The molecule has 0 aliphatic rings. The zero-order valence-electron chi connectivity index (χ0n) is 17.3. The molecule has 5 nitrogen and oxygen atoms in total. The topological polar surface area (TPSA) is 49.9 Å². The number of anilines is 1. The lowest BCUT2D eigenvalue weighted by molar-refractivity contribution is -0.129. The Bertz CT molecular complexity index is 787. The van der Waals surface area contributed by atoms with Crippen molar-refractivity contribution in [1.82, 2.24) is 4.90 Å². The SMILES string of the molecule is CCCN(C)C(=O)Cc1ccc(N(Cc2cccc(C)c2)C(=O)COC)cc1. The monoisotopic (exact) mass is 382 g/mol. The van der Waals surface area contributed by atoms with E-state index in [1.807, 2.05) is 56.4 Å². The van der Waals surface area contributed by atoms with Crippen molar-refractivity contribution < 1.29 is 14.3 Å². The Kier molecular flexibility index (Phi) is 8.20. The first-order chi connectivity index (χ1) is 13.4. The molecule has 0 N–H and O–H groups in total. The van der Waals surface area contributed by atoms with E-state index in [1.54, 1.807) is 9.80 Å². The molecule has 2 amide bonds. The van der Waals surface area contributed by atoms with Crippen LogP contribution in [0.1, 0.15) is 30.0 Å². The Balaban J connectivity index is 2.16. The molecule has 0 fully saturated rings. The first kappa shape index (κ1) is 21.6. The minimum atomic E-state index is -0.101. The number of hydrogen-bond donors (Lipinski definition) is 0. The van der Waals surface area contributed by atoms with Crippen LogP contribution in [-0.2, 0) is 27.3 Å². The molecule has 0 spiro atoms. The zero-order valence-corrected chi connectivity index (χ0v) is 17.3. The van der Waals surface area contributed by atoms with Crippen LogP contribution in [0, 0.1) is 6.92 Å². The summed E-state index contributed by atoms with van der Waals surface area (Å²) in [5.41, 5.74) is 3.94. The van der Waals surface area contributed by atoms with Crippen molar-refractivity contribution in [3.05, 3.63) is 65.2 Å². The number of benzene rings is 2. The quantitative estimate of drug-likeness (QED) is 0.666. The van der Waals surface area contributed by atoms with E-state index >= 15 is 0 Å². The summed E-state index contributed by atoms with van der Waals surface area (Å²) in [6, 6.07) is 15.7. The number of carbonyl (C=O) groups excluding carboxylic acids is 2. The summed E-state index contributed by atoms with van der Waals surface area (Å²) >= 11 is 0. The van der Waals surface area contributed by atoms with Crippen LogP contribution in [0.4, 0.5) is 5.69 Å². The first-order valence-electron chi connectivity index (χ1n) is 9.62. The average molecular weight is 383 g/mol. The van der Waals surface area contributed by atoms with E-state index in [1.165, 1.54) is 7.11 Å². The molecule has 2 aromatic rings. The molecular formula is C23H30N2O3. The van der Waals surface area contributed by atoms with Crippen molar-refractivity contribution in [3.63, 3.8) is 0 Å². The Morgan fingerprint density at radius 2 is 1.71 bits per heavy atom. The van der Waals surface area contributed by atoms with Gasteiger partial charge in [0.25, 0.3) is 5.91 Å². The van der Waals surface area contributed by atoms with Crippen LogP contribution in [-0.4, -0.2) is 44.0 Å². The van der Waals surface area contributed by atoms with Gasteiger partial charge in [-0.1, -0.05) is 48.9 Å². The van der Waals surface area contributed by atoms with Crippen LogP contribution < -0.4 is 4.90 Å². The molecule has 0 radical (unpaired) electrons. The van der Waals surface area contributed by atoms with Gasteiger partial charge in [-0.15, -0.1) is 0 Å². The molecule has 0 aliphatic heterocycles. The lowest BCUT2D eigenvalue weighted by Crippen LogP contribution is -2.33. The molecule has 0 aliphatic carbocycles. The number of likely N-dealkylation sites (N-methyl/N-ethyl adjacent to an activating group) is 1. The summed E-state index contributed by atoms with van der Waals surface area (Å²) < 4.78 is 5.05. The number of hydrogen-bond acceptors (Lipinski definition) is 3. The van der Waals surface area contributed by atoms with Crippen LogP contribution in [0.3, 0.4) is 0 Å². The van der Waals surface area contributed by atoms with Gasteiger partial charge in [0, 0.05) is 26.4 Å². The third-order valence-electron chi connectivity index (χ3n) is 4.58. The van der Waals surface area contributed by atoms with E-state index in [0.717, 1.165) is 35.3 Å². The van der Waals surface area contributed by atoms with Gasteiger partial charge in [0.1, 0.15) is 6.61 Å². The Hall–Kier alpha value is -2.66. The standard InChI is InChI=1S/C23H30N2O3/c1-5-13-24(3)22(26)15-19-9-11-21(12-10-19)25(23(27)17-28-4)16-20-8-6-7-18(2)14-20/h6-12,14H,5,13,15-17H2,1-4H3. The van der Waals surface area contributed by atoms with Crippen molar-refractivity contribution >= 4 is 17.5 Å². The smallest absolute Gasteiger partial charge is 0.253 e. The summed E-state index contributed by atoms with van der Waals surface area (Å²) in [6.45, 7) is 5.34. The molecular weight excluding hydrogens is 352 g/mol. The third kappa shape index (κ3) is 6.20. The van der Waals surface area contributed by atoms with Crippen molar-refractivity contribution in [1.29, 1.82) is 0 Å². The van der Waals surface area contributed by atoms with E-state index in [2.05, 4.69) is 13.0 Å². The number of ether oxygens (including phenoxy) is 1. The number of aryl methyl sites for hydroxylation is 1. The van der Waals surface area contributed by atoms with Gasteiger partial charge in [0.05, 0.1) is 13.0 Å². The maximum Gasteiger partial charge on any atom is 0.253 e. The molecule has 5 heteroatoms. The molecule has 2 aromatic carbocycles. The van der Waals surface area contributed by atoms with Crippen molar-refractivity contribution in [2.75, 3.05) is 32.2 Å². The van der Waals surface area contributed by atoms with Gasteiger partial charge >= 0.3 is 0 Å². The van der Waals surface area contributed by atoms with E-state index in [9.17, 15) is 9.59 Å². The largest absolute Gasteiger partial charge is 0.375 e. The Morgan fingerprint density at radius 1 is 1.00 bits per heavy atom. The number of nitrogens with zero attached hydrogens (tertiary/aromatic N) is 2. The summed E-state index contributed by atoms with van der Waals surface area (Å²) in [5, 5.41) is 0. The minimum Gasteiger partial charge on any atom is -0.375 e. The molecule has 0 heterocycles. The molecule has 150 valence electrons. The van der Waals surface area contributed by atoms with E-state index in [-0.39, 0.29) is 18.4 Å². The molecule has 2 rings (SSSR count). The molecule has 0 aromatic heterocycles. The fourth-order valence-corrected chi connectivity index (χ4v) is 3.08. The first-order valence-corrected chi connectivity index (χ1v) is 9.62. The molecule has 28 heavy (non-hydrogen) atoms. The minimum absolute atomic E-state index is 0.0217. The predicted molar refractivity (Wildman–Crippen MR) is 112 cm³/mol. The number of carbonyl (C=O) groups is 2. The van der Waals surface area contributed by atoms with E-state index in [4.69, 9.17) is 4.74 Å². The van der Waals surface area contributed by atoms with Gasteiger partial charge in [0.15, 0.2) is 0 Å². The zero-order chi connectivity index (χ0) is 20.5. The highest BCUT2D eigenvalue weighted by molar-refractivity contribution is 5.94. The summed E-state index contributed by atoms with van der Waals surface area (Å²) in [5.74, 6) is -0.00260. The fraction of sp³-hybridized carbons (Fsp3) is 0.391. The van der Waals surface area contributed by atoms with Crippen LogP contribution >= 0.6 is 0 Å². The van der Waals surface area contributed by atoms with E-state index in [0.29, 0.717) is 13.0 Å². The average Bonchev–Trinajstić information content (AvgIpc) is 2.67. The second-order valence-corrected chi connectivity index (χ2v) is 7.06. The van der Waals surface area contributed by atoms with Gasteiger partial charge in [-0.2, -0.15) is 0 Å². The molecule has 0 unspecified atom stereocenters. The summed E-state index contributed by atoms with van der Waals surface area (Å²) in [6.07, 6.45) is 1.30. The van der Waals surface area contributed by atoms with Crippen molar-refractivity contribution in [2.45, 2.75) is 33.2 Å². The number of amides is 2. The van der Waals surface area contributed by atoms with Crippen LogP contribution in [0.5, 0.6) is 0 Å². The second kappa shape index (κ2) is 10.6. The van der Waals surface area contributed by atoms with E-state index < -0.39 is 0 Å². The van der Waals surface area contributed by atoms with Gasteiger partial charge < -0.3 is 14.5 Å². The molecule has 0 bridgehead atoms. The van der Waals surface area contributed by atoms with Crippen molar-refractivity contribution in [2.24, 2.45) is 0 Å². The maximum absolute atomic E-state index is 12.6. The maximum atomic E-state index is 12.6. The lowest BCUT2D eigenvalue weighted by atomic mass is 10.1. The molecule has 0 atom stereocenters. The molecule has 0 saturated carbocycles. The highest BCUT2D eigenvalue weighted by Crippen LogP contribution is 2.20. The van der Waals surface area contributed by atoms with Crippen LogP contribution in [0.25, 0.3) is 0 Å². The van der Waals surface area contributed by atoms with Crippen LogP contribution in [0.2, 0.25) is 0 Å². The Labute approximate surface area is 167 Å². The normalized spacial score (nSPS) is 10.6. The van der Waals surface area contributed by atoms with Gasteiger partial charge in [0.2, 0.25) is 5.91 Å². The summed E-state index contributed by atoms with van der Waals surface area (Å²) in [7, 11) is 3.34. The number of rotatable bonds is 9. The predicted octanol–water partition coefficient (Wildman–Crippen LogP) is 3.59. The third-order valence-corrected chi connectivity index (χ3v) is 4.58.